The van der Waals surface area contributed by atoms with E-state index in [1.807, 2.05) is 12.1 Å². The smallest absolute Gasteiger partial charge is 0.182 e. The predicted molar refractivity (Wildman–Crippen MR) is 69.5 cm³/mol. The number of rotatable bonds is 3. The second-order valence-electron chi connectivity index (χ2n) is 3.33. The second-order valence-corrected chi connectivity index (χ2v) is 4.36. The Morgan fingerprint density at radius 3 is 2.47 bits per heavy atom. The van der Waals surface area contributed by atoms with Crippen molar-refractivity contribution >= 4 is 22.3 Å². The van der Waals surface area contributed by atoms with Crippen LogP contribution < -0.4 is 20.9 Å². The Bertz CT molecular complexity index is 540. The van der Waals surface area contributed by atoms with Gasteiger partial charge in [-0.05, 0) is 12.1 Å². The molecule has 2 aromatic rings. The molecule has 0 aliphatic rings. The highest BCUT2D eigenvalue weighted by Crippen LogP contribution is 2.40. The molecule has 90 valence electrons. The molecule has 0 unspecified atom stereocenters. The number of anilines is 2. The molecular formula is C11H13N3O2S. The van der Waals surface area contributed by atoms with E-state index in [0.29, 0.717) is 16.7 Å². The Kier molecular flexibility index (Phi) is 3.06. The van der Waals surface area contributed by atoms with Gasteiger partial charge < -0.3 is 20.9 Å². The van der Waals surface area contributed by atoms with E-state index < -0.39 is 0 Å². The first-order valence-electron chi connectivity index (χ1n) is 4.90. The van der Waals surface area contributed by atoms with Crippen molar-refractivity contribution < 1.29 is 9.47 Å². The summed E-state index contributed by atoms with van der Waals surface area (Å²) in [7, 11) is 3.20. The molecule has 6 heteroatoms. The van der Waals surface area contributed by atoms with Gasteiger partial charge in [-0.25, -0.2) is 4.98 Å². The summed E-state index contributed by atoms with van der Waals surface area (Å²) in [5, 5.41) is 0.440. The van der Waals surface area contributed by atoms with Gasteiger partial charge in [0, 0.05) is 11.6 Å². The highest BCUT2D eigenvalue weighted by atomic mass is 32.1. The van der Waals surface area contributed by atoms with Crippen LogP contribution in [0, 0.1) is 0 Å². The van der Waals surface area contributed by atoms with Crippen LogP contribution in [0.3, 0.4) is 0 Å². The van der Waals surface area contributed by atoms with Crippen molar-refractivity contribution in [1.82, 2.24) is 4.98 Å². The molecule has 4 N–H and O–H groups in total. The molecule has 0 amide bonds. The summed E-state index contributed by atoms with van der Waals surface area (Å²) in [6.07, 6.45) is 0. The van der Waals surface area contributed by atoms with Crippen LogP contribution in [0.25, 0.3) is 10.4 Å². The zero-order valence-corrected chi connectivity index (χ0v) is 10.4. The molecule has 0 saturated heterocycles. The van der Waals surface area contributed by atoms with Crippen LogP contribution in [-0.2, 0) is 0 Å². The first-order chi connectivity index (χ1) is 8.15. The lowest BCUT2D eigenvalue weighted by molar-refractivity contribution is 0.395. The Morgan fingerprint density at radius 1 is 1.18 bits per heavy atom. The molecule has 17 heavy (non-hydrogen) atoms. The van der Waals surface area contributed by atoms with Crippen LogP contribution in [0.1, 0.15) is 0 Å². The quantitative estimate of drug-likeness (QED) is 0.871. The highest BCUT2D eigenvalue weighted by molar-refractivity contribution is 7.19. The van der Waals surface area contributed by atoms with Gasteiger partial charge in [-0.2, -0.15) is 0 Å². The third kappa shape index (κ3) is 2.12. The molecule has 0 aliphatic heterocycles. The van der Waals surface area contributed by atoms with Crippen LogP contribution in [-0.4, -0.2) is 19.2 Å². The number of hydrogen-bond acceptors (Lipinski definition) is 6. The minimum absolute atomic E-state index is 0.413. The number of hydrogen-bond donors (Lipinski definition) is 2. The number of methoxy groups -OCH3 is 2. The predicted octanol–water partition coefficient (Wildman–Crippen LogP) is 1.99. The van der Waals surface area contributed by atoms with Crippen molar-refractivity contribution in [2.75, 3.05) is 25.7 Å². The standard InChI is InChI=1S/C11H13N3O2S/c1-15-6-3-4-7(8(5-6)16-2)9-10(12)14-11(13)17-9/h3-5H,12H2,1-2H3,(H2,13,14). The monoisotopic (exact) mass is 251 g/mol. The van der Waals surface area contributed by atoms with Gasteiger partial charge in [-0.3, -0.25) is 0 Å². The van der Waals surface area contributed by atoms with Crippen molar-refractivity contribution in [2.45, 2.75) is 0 Å². The number of thiazole rings is 1. The topological polar surface area (TPSA) is 83.4 Å². The normalized spacial score (nSPS) is 10.2. The number of benzene rings is 1. The van der Waals surface area contributed by atoms with Crippen molar-refractivity contribution in [2.24, 2.45) is 0 Å². The highest BCUT2D eigenvalue weighted by Gasteiger charge is 2.14. The van der Waals surface area contributed by atoms with E-state index in [-0.39, 0.29) is 0 Å². The lowest BCUT2D eigenvalue weighted by Crippen LogP contribution is -1.92. The summed E-state index contributed by atoms with van der Waals surface area (Å²) in [4.78, 5) is 4.80. The van der Waals surface area contributed by atoms with E-state index in [1.165, 1.54) is 11.3 Å². The molecule has 0 spiro atoms. The number of nitrogens with two attached hydrogens (primary N) is 2. The lowest BCUT2D eigenvalue weighted by Gasteiger charge is -2.09. The molecule has 5 nitrogen and oxygen atoms in total. The summed E-state index contributed by atoms with van der Waals surface area (Å²) < 4.78 is 10.4. The molecule has 2 rings (SSSR count). The fraction of sp³-hybridized carbons (Fsp3) is 0.182. The minimum Gasteiger partial charge on any atom is -0.497 e. The molecule has 0 radical (unpaired) electrons. The zero-order valence-electron chi connectivity index (χ0n) is 9.56. The molecule has 1 heterocycles. The summed E-state index contributed by atoms with van der Waals surface area (Å²) in [5.41, 5.74) is 12.3. The Morgan fingerprint density at radius 2 is 1.94 bits per heavy atom. The molecule has 0 fully saturated rings. The second kappa shape index (κ2) is 4.50. The Labute approximate surface area is 103 Å². The SMILES string of the molecule is COc1ccc(-c2sc(N)nc2N)c(OC)c1. The average Bonchev–Trinajstić information content (AvgIpc) is 2.67. The van der Waals surface area contributed by atoms with E-state index in [0.717, 1.165) is 16.2 Å². The van der Waals surface area contributed by atoms with Gasteiger partial charge in [-0.15, -0.1) is 0 Å². The molecule has 0 aliphatic carbocycles. The minimum atomic E-state index is 0.413. The molecule has 1 aromatic carbocycles. The number of nitrogen functional groups attached to an aromatic ring is 2. The maximum absolute atomic E-state index is 5.80. The number of ether oxygens (including phenoxy) is 2. The van der Waals surface area contributed by atoms with Crippen LogP contribution in [0.15, 0.2) is 18.2 Å². The van der Waals surface area contributed by atoms with Gasteiger partial charge in [0.25, 0.3) is 0 Å². The summed E-state index contributed by atoms with van der Waals surface area (Å²) in [6.45, 7) is 0. The molecular weight excluding hydrogens is 238 g/mol. The maximum Gasteiger partial charge on any atom is 0.182 e. The summed E-state index contributed by atoms with van der Waals surface area (Å²) in [6, 6.07) is 5.51. The fourth-order valence-electron chi connectivity index (χ4n) is 1.53. The van der Waals surface area contributed by atoms with Gasteiger partial charge in [0.15, 0.2) is 5.13 Å². The Hall–Kier alpha value is -1.95. The Balaban J connectivity index is 2.55. The van der Waals surface area contributed by atoms with Gasteiger partial charge in [-0.1, -0.05) is 11.3 Å². The maximum atomic E-state index is 5.80. The van der Waals surface area contributed by atoms with E-state index >= 15 is 0 Å². The fourth-order valence-corrected chi connectivity index (χ4v) is 2.31. The van der Waals surface area contributed by atoms with Crippen molar-refractivity contribution in [3.63, 3.8) is 0 Å². The van der Waals surface area contributed by atoms with E-state index in [1.54, 1.807) is 20.3 Å². The zero-order chi connectivity index (χ0) is 12.4. The van der Waals surface area contributed by atoms with Crippen molar-refractivity contribution in [1.29, 1.82) is 0 Å². The summed E-state index contributed by atoms with van der Waals surface area (Å²) >= 11 is 1.33. The molecule has 0 saturated carbocycles. The van der Waals surface area contributed by atoms with Gasteiger partial charge in [0.1, 0.15) is 17.3 Å². The van der Waals surface area contributed by atoms with Gasteiger partial charge in [0.2, 0.25) is 0 Å². The van der Waals surface area contributed by atoms with E-state index in [2.05, 4.69) is 4.98 Å². The van der Waals surface area contributed by atoms with Crippen molar-refractivity contribution in [3.05, 3.63) is 18.2 Å². The summed E-state index contributed by atoms with van der Waals surface area (Å²) in [5.74, 6) is 1.82. The number of nitrogens with zero attached hydrogens (tertiary/aromatic N) is 1. The van der Waals surface area contributed by atoms with Crippen molar-refractivity contribution in [3.8, 4) is 21.9 Å². The average molecular weight is 251 g/mol. The lowest BCUT2D eigenvalue weighted by atomic mass is 10.1. The van der Waals surface area contributed by atoms with Gasteiger partial charge >= 0.3 is 0 Å². The largest absolute Gasteiger partial charge is 0.497 e. The van der Waals surface area contributed by atoms with Crippen LogP contribution in [0.4, 0.5) is 10.9 Å². The number of aromatic nitrogens is 1. The molecule has 0 bridgehead atoms. The molecule has 0 atom stereocenters. The first-order valence-corrected chi connectivity index (χ1v) is 5.71. The van der Waals surface area contributed by atoms with E-state index in [4.69, 9.17) is 20.9 Å². The molecule has 1 aromatic heterocycles. The van der Waals surface area contributed by atoms with E-state index in [9.17, 15) is 0 Å². The van der Waals surface area contributed by atoms with Crippen LogP contribution >= 0.6 is 11.3 Å². The van der Waals surface area contributed by atoms with Crippen LogP contribution in [0.2, 0.25) is 0 Å². The third-order valence-electron chi connectivity index (χ3n) is 2.32. The third-order valence-corrected chi connectivity index (χ3v) is 3.26. The van der Waals surface area contributed by atoms with Crippen LogP contribution in [0.5, 0.6) is 11.5 Å². The van der Waals surface area contributed by atoms with Gasteiger partial charge in [0.05, 0.1) is 19.1 Å². The first kappa shape index (κ1) is 11.5.